The summed E-state index contributed by atoms with van der Waals surface area (Å²) in [6, 6.07) is 13.0. The van der Waals surface area contributed by atoms with Crippen LogP contribution < -0.4 is 10.6 Å². The van der Waals surface area contributed by atoms with Gasteiger partial charge in [-0.3, -0.25) is 10.1 Å². The van der Waals surface area contributed by atoms with Crippen molar-refractivity contribution >= 4 is 34.5 Å². The second kappa shape index (κ2) is 7.92. The number of rotatable bonds is 4. The Hall–Kier alpha value is -3.00. The minimum atomic E-state index is -0.557. The second-order valence-corrected chi connectivity index (χ2v) is 6.29. The average molecular weight is 370 g/mol. The zero-order chi connectivity index (χ0) is 18.5. The number of nitrogens with zero attached hydrogens (tertiary/aromatic N) is 2. The van der Waals surface area contributed by atoms with Crippen LogP contribution in [0.4, 0.5) is 9.18 Å². The minimum absolute atomic E-state index is 0.0298. The van der Waals surface area contributed by atoms with E-state index in [4.69, 9.17) is 0 Å². The highest BCUT2D eigenvalue weighted by Gasteiger charge is 2.13. The van der Waals surface area contributed by atoms with E-state index in [0.29, 0.717) is 10.7 Å². The summed E-state index contributed by atoms with van der Waals surface area (Å²) in [6.45, 7) is 0. The molecule has 3 amide bonds. The molecule has 0 atom stereocenters. The third-order valence-corrected chi connectivity index (χ3v) is 4.57. The van der Waals surface area contributed by atoms with Crippen molar-refractivity contribution in [3.05, 3.63) is 54.3 Å². The Morgan fingerprint density at radius 1 is 1.04 bits per heavy atom. The molecule has 0 radical (unpaired) electrons. The number of fused-ring (bicyclic) bond motifs is 1. The lowest BCUT2D eigenvalue weighted by Crippen LogP contribution is -2.38. The fourth-order valence-corrected chi connectivity index (χ4v) is 3.14. The van der Waals surface area contributed by atoms with Gasteiger partial charge in [-0.05, 0) is 24.3 Å². The molecule has 0 unspecified atom stereocenters. The van der Waals surface area contributed by atoms with E-state index in [1.165, 1.54) is 30.9 Å². The number of hydrogen-bond acceptors (Lipinski definition) is 5. The zero-order valence-electron chi connectivity index (χ0n) is 13.8. The molecule has 2 aromatic carbocycles. The lowest BCUT2D eigenvalue weighted by Gasteiger charge is -2.09. The first-order valence-corrected chi connectivity index (χ1v) is 8.73. The Morgan fingerprint density at radius 2 is 1.73 bits per heavy atom. The summed E-state index contributed by atoms with van der Waals surface area (Å²) < 4.78 is 13.2. The van der Waals surface area contributed by atoms with Crippen LogP contribution in [0, 0.1) is 5.82 Å². The fourth-order valence-electron chi connectivity index (χ4n) is 2.37. The Morgan fingerprint density at radius 3 is 2.42 bits per heavy atom. The third kappa shape index (κ3) is 3.97. The van der Waals surface area contributed by atoms with Gasteiger partial charge in [0.05, 0.1) is 5.75 Å². The highest BCUT2D eigenvalue weighted by atomic mass is 32.2. The van der Waals surface area contributed by atoms with Crippen LogP contribution in [-0.4, -0.2) is 34.9 Å². The van der Waals surface area contributed by atoms with E-state index >= 15 is 0 Å². The number of carbonyl (C=O) groups is 2. The van der Waals surface area contributed by atoms with E-state index in [0.717, 1.165) is 16.3 Å². The molecule has 26 heavy (non-hydrogen) atoms. The molecule has 3 rings (SSSR count). The van der Waals surface area contributed by atoms with Gasteiger partial charge in [0, 0.05) is 23.4 Å². The van der Waals surface area contributed by atoms with Crippen molar-refractivity contribution in [3.63, 3.8) is 0 Å². The molecule has 8 heteroatoms. The second-order valence-electron chi connectivity index (χ2n) is 5.32. The first-order valence-electron chi connectivity index (χ1n) is 7.74. The van der Waals surface area contributed by atoms with Crippen LogP contribution in [0.15, 0.2) is 53.6 Å². The normalized spacial score (nSPS) is 10.5. The average Bonchev–Trinajstić information content (AvgIpc) is 2.66. The summed E-state index contributed by atoms with van der Waals surface area (Å²) in [4.78, 5) is 22.9. The van der Waals surface area contributed by atoms with Crippen molar-refractivity contribution in [1.29, 1.82) is 0 Å². The number of urea groups is 1. The van der Waals surface area contributed by atoms with Gasteiger partial charge in [0.2, 0.25) is 5.91 Å². The van der Waals surface area contributed by atoms with Crippen molar-refractivity contribution in [3.8, 4) is 11.3 Å². The molecule has 0 saturated carbocycles. The van der Waals surface area contributed by atoms with E-state index in [1.54, 1.807) is 12.1 Å². The smallest absolute Gasteiger partial charge is 0.321 e. The molecule has 0 aliphatic rings. The fraction of sp³-hybridized carbons (Fsp3) is 0.111. The van der Waals surface area contributed by atoms with Gasteiger partial charge >= 0.3 is 6.03 Å². The quantitative estimate of drug-likeness (QED) is 0.690. The van der Waals surface area contributed by atoms with Crippen LogP contribution >= 0.6 is 11.8 Å². The van der Waals surface area contributed by atoms with Gasteiger partial charge in [-0.1, -0.05) is 36.0 Å². The summed E-state index contributed by atoms with van der Waals surface area (Å²) in [7, 11) is 1.43. The van der Waals surface area contributed by atoms with Crippen molar-refractivity contribution in [1.82, 2.24) is 20.8 Å². The van der Waals surface area contributed by atoms with Gasteiger partial charge < -0.3 is 5.32 Å². The number of nitrogens with one attached hydrogen (secondary N) is 2. The summed E-state index contributed by atoms with van der Waals surface area (Å²) in [6.07, 6.45) is 0. The van der Waals surface area contributed by atoms with Gasteiger partial charge in [-0.2, -0.15) is 0 Å². The van der Waals surface area contributed by atoms with Gasteiger partial charge in [-0.15, -0.1) is 10.2 Å². The van der Waals surface area contributed by atoms with Gasteiger partial charge in [0.1, 0.15) is 16.5 Å². The molecule has 0 fully saturated rings. The molecule has 132 valence electrons. The van der Waals surface area contributed by atoms with Gasteiger partial charge in [-0.25, -0.2) is 9.18 Å². The summed E-state index contributed by atoms with van der Waals surface area (Å²) in [5, 5.41) is 15.3. The van der Waals surface area contributed by atoms with Crippen molar-refractivity contribution in [2.75, 3.05) is 12.8 Å². The predicted molar refractivity (Wildman–Crippen MR) is 98.3 cm³/mol. The summed E-state index contributed by atoms with van der Waals surface area (Å²) in [5.74, 6) is -0.717. The third-order valence-electron chi connectivity index (χ3n) is 3.59. The number of aromatic nitrogens is 2. The molecule has 6 nitrogen and oxygen atoms in total. The molecule has 0 saturated heterocycles. The first kappa shape index (κ1) is 17.8. The Bertz CT molecular complexity index is 963. The Balaban J connectivity index is 1.89. The maximum absolute atomic E-state index is 13.2. The van der Waals surface area contributed by atoms with Crippen molar-refractivity contribution in [2.45, 2.75) is 5.03 Å². The van der Waals surface area contributed by atoms with Crippen LogP contribution in [0.5, 0.6) is 0 Å². The highest BCUT2D eigenvalue weighted by molar-refractivity contribution is 8.00. The van der Waals surface area contributed by atoms with E-state index in [-0.39, 0.29) is 11.6 Å². The predicted octanol–water partition coefficient (Wildman–Crippen LogP) is 2.98. The topological polar surface area (TPSA) is 84.0 Å². The van der Waals surface area contributed by atoms with Crippen LogP contribution in [-0.2, 0) is 4.79 Å². The van der Waals surface area contributed by atoms with Crippen molar-refractivity contribution in [2.24, 2.45) is 0 Å². The number of thioether (sulfide) groups is 1. The largest absolute Gasteiger partial charge is 0.341 e. The molecule has 0 spiro atoms. The number of hydrogen-bond donors (Lipinski definition) is 2. The van der Waals surface area contributed by atoms with E-state index in [2.05, 4.69) is 20.8 Å². The van der Waals surface area contributed by atoms with Crippen LogP contribution in [0.1, 0.15) is 0 Å². The number of carbonyl (C=O) groups excluding carboxylic acids is 2. The van der Waals surface area contributed by atoms with Gasteiger partial charge in [0.15, 0.2) is 0 Å². The number of imide groups is 1. The molecule has 1 heterocycles. The maximum Gasteiger partial charge on any atom is 0.321 e. The lowest BCUT2D eigenvalue weighted by atomic mass is 10.1. The lowest BCUT2D eigenvalue weighted by molar-refractivity contribution is -0.117. The van der Waals surface area contributed by atoms with Crippen LogP contribution in [0.2, 0.25) is 0 Å². The molecule has 2 N–H and O–H groups in total. The number of halogens is 1. The Labute approximate surface area is 153 Å². The molecule has 1 aromatic heterocycles. The van der Waals surface area contributed by atoms with Gasteiger partial charge in [0.25, 0.3) is 0 Å². The monoisotopic (exact) mass is 370 g/mol. The van der Waals surface area contributed by atoms with E-state index in [9.17, 15) is 14.0 Å². The van der Waals surface area contributed by atoms with E-state index < -0.39 is 11.9 Å². The van der Waals surface area contributed by atoms with Crippen LogP contribution in [0.3, 0.4) is 0 Å². The molecule has 0 aliphatic heterocycles. The molecular weight excluding hydrogens is 355 g/mol. The number of benzene rings is 2. The summed E-state index contributed by atoms with van der Waals surface area (Å²) >= 11 is 1.19. The molecular formula is C18H15FN4O2S. The standard InChI is InChI=1S/C18H15FN4O2S/c1-20-18(25)21-15(24)10-26-17-14-5-3-2-4-13(14)16(22-23-17)11-6-8-12(19)9-7-11/h2-9H,10H2,1H3,(H2,20,21,24,25). The maximum atomic E-state index is 13.2. The summed E-state index contributed by atoms with van der Waals surface area (Å²) in [5.41, 5.74) is 1.39. The molecule has 0 bridgehead atoms. The highest BCUT2D eigenvalue weighted by Crippen LogP contribution is 2.31. The first-order chi connectivity index (χ1) is 12.6. The van der Waals surface area contributed by atoms with Crippen LogP contribution in [0.25, 0.3) is 22.0 Å². The van der Waals surface area contributed by atoms with Crippen molar-refractivity contribution < 1.29 is 14.0 Å². The SMILES string of the molecule is CNC(=O)NC(=O)CSc1nnc(-c2ccc(F)cc2)c2ccccc12. The number of amides is 3. The zero-order valence-corrected chi connectivity index (χ0v) is 14.6. The Kier molecular flexibility index (Phi) is 5.43. The minimum Gasteiger partial charge on any atom is -0.341 e. The molecule has 0 aliphatic carbocycles. The molecule has 3 aromatic rings. The van der Waals surface area contributed by atoms with E-state index in [1.807, 2.05) is 24.3 Å².